The summed E-state index contributed by atoms with van der Waals surface area (Å²) in [4.78, 5) is 27.3. The highest BCUT2D eigenvalue weighted by Crippen LogP contribution is 2.22. The zero-order valence-corrected chi connectivity index (χ0v) is 14.6. The lowest BCUT2D eigenvalue weighted by Crippen LogP contribution is -2.09. The predicted octanol–water partition coefficient (Wildman–Crippen LogP) is 4.31. The second kappa shape index (κ2) is 7.84. The van der Waals surface area contributed by atoms with Gasteiger partial charge in [-0.05, 0) is 42.5 Å². The second-order valence-corrected chi connectivity index (χ2v) is 5.90. The van der Waals surface area contributed by atoms with Crippen molar-refractivity contribution in [3.05, 3.63) is 71.2 Å². The monoisotopic (exact) mass is 370 g/mol. The molecule has 132 valence electrons. The SMILES string of the molecule is CC(=O)Nc1cccc(C(=O)OCc2ncc(-c3ccc(Cl)cc3)o2)c1. The van der Waals surface area contributed by atoms with Crippen LogP contribution < -0.4 is 5.32 Å². The van der Waals surface area contributed by atoms with Gasteiger partial charge in [-0.2, -0.15) is 0 Å². The smallest absolute Gasteiger partial charge is 0.338 e. The number of oxazole rings is 1. The van der Waals surface area contributed by atoms with Gasteiger partial charge in [0.25, 0.3) is 0 Å². The summed E-state index contributed by atoms with van der Waals surface area (Å²) in [6.45, 7) is 1.29. The molecular weight excluding hydrogens is 356 g/mol. The van der Waals surface area contributed by atoms with Crippen LogP contribution in [-0.4, -0.2) is 16.9 Å². The maximum Gasteiger partial charge on any atom is 0.338 e. The summed E-state index contributed by atoms with van der Waals surface area (Å²) in [5, 5.41) is 3.24. The van der Waals surface area contributed by atoms with Gasteiger partial charge in [0.05, 0.1) is 11.8 Å². The van der Waals surface area contributed by atoms with Crippen molar-refractivity contribution < 1.29 is 18.7 Å². The minimum Gasteiger partial charge on any atom is -0.452 e. The molecule has 0 radical (unpaired) electrons. The molecule has 0 bridgehead atoms. The fraction of sp³-hybridized carbons (Fsp3) is 0.105. The lowest BCUT2D eigenvalue weighted by Gasteiger charge is -2.05. The summed E-state index contributed by atoms with van der Waals surface area (Å²) < 4.78 is 10.8. The fourth-order valence-electron chi connectivity index (χ4n) is 2.26. The molecule has 1 aromatic heterocycles. The normalized spacial score (nSPS) is 10.4. The average molecular weight is 371 g/mol. The molecule has 1 heterocycles. The van der Waals surface area contributed by atoms with Crippen LogP contribution in [0.1, 0.15) is 23.2 Å². The molecule has 0 aliphatic rings. The van der Waals surface area contributed by atoms with E-state index in [1.807, 2.05) is 12.1 Å². The van der Waals surface area contributed by atoms with Gasteiger partial charge >= 0.3 is 5.97 Å². The highest BCUT2D eigenvalue weighted by molar-refractivity contribution is 6.30. The number of nitrogens with one attached hydrogen (secondary N) is 1. The third kappa shape index (κ3) is 4.49. The molecule has 0 saturated heterocycles. The number of carbonyl (C=O) groups excluding carboxylic acids is 2. The van der Waals surface area contributed by atoms with Crippen molar-refractivity contribution in [1.82, 2.24) is 4.98 Å². The van der Waals surface area contributed by atoms with E-state index in [1.165, 1.54) is 6.92 Å². The second-order valence-electron chi connectivity index (χ2n) is 5.46. The molecule has 0 aliphatic carbocycles. The maximum atomic E-state index is 12.2. The Morgan fingerprint density at radius 2 is 1.96 bits per heavy atom. The van der Waals surface area contributed by atoms with E-state index in [0.29, 0.717) is 22.0 Å². The molecule has 0 fully saturated rings. The lowest BCUT2D eigenvalue weighted by molar-refractivity contribution is -0.114. The van der Waals surface area contributed by atoms with Gasteiger partial charge in [0.15, 0.2) is 12.4 Å². The third-order valence-electron chi connectivity index (χ3n) is 3.43. The van der Waals surface area contributed by atoms with Crippen LogP contribution >= 0.6 is 11.6 Å². The molecule has 3 aromatic rings. The summed E-state index contributed by atoms with van der Waals surface area (Å²) >= 11 is 5.86. The van der Waals surface area contributed by atoms with E-state index in [9.17, 15) is 9.59 Å². The van der Waals surface area contributed by atoms with E-state index in [2.05, 4.69) is 10.3 Å². The average Bonchev–Trinajstić information content (AvgIpc) is 3.09. The van der Waals surface area contributed by atoms with Crippen molar-refractivity contribution in [1.29, 1.82) is 0 Å². The highest BCUT2D eigenvalue weighted by atomic mass is 35.5. The van der Waals surface area contributed by atoms with Crippen LogP contribution in [0.3, 0.4) is 0 Å². The van der Waals surface area contributed by atoms with E-state index in [0.717, 1.165) is 5.56 Å². The van der Waals surface area contributed by atoms with Gasteiger partial charge in [-0.25, -0.2) is 9.78 Å². The molecule has 0 spiro atoms. The summed E-state index contributed by atoms with van der Waals surface area (Å²) in [7, 11) is 0. The number of rotatable bonds is 5. The first kappa shape index (κ1) is 17.7. The Morgan fingerprint density at radius 1 is 1.19 bits per heavy atom. The number of ether oxygens (including phenoxy) is 1. The first-order valence-corrected chi connectivity index (χ1v) is 8.14. The molecule has 7 heteroatoms. The Morgan fingerprint density at radius 3 is 2.69 bits per heavy atom. The standard InChI is InChI=1S/C19H15ClN2O4/c1-12(23)22-16-4-2-3-14(9-16)19(24)25-11-18-21-10-17(26-18)13-5-7-15(20)8-6-13/h2-10H,11H2,1H3,(H,22,23). The first-order chi connectivity index (χ1) is 12.5. The largest absolute Gasteiger partial charge is 0.452 e. The van der Waals surface area contributed by atoms with Crippen molar-refractivity contribution in [2.24, 2.45) is 0 Å². The molecule has 2 aromatic carbocycles. The molecule has 0 unspecified atom stereocenters. The van der Waals surface area contributed by atoms with Gasteiger partial charge in [0, 0.05) is 23.2 Å². The van der Waals surface area contributed by atoms with Gasteiger partial charge in [-0.15, -0.1) is 0 Å². The summed E-state index contributed by atoms with van der Waals surface area (Å²) in [6, 6.07) is 13.6. The number of aromatic nitrogens is 1. The van der Waals surface area contributed by atoms with E-state index < -0.39 is 5.97 Å². The number of hydrogen-bond acceptors (Lipinski definition) is 5. The Labute approximate surface area is 154 Å². The Kier molecular flexibility index (Phi) is 5.34. The number of esters is 1. The van der Waals surface area contributed by atoms with Gasteiger partial charge in [-0.3, -0.25) is 4.79 Å². The van der Waals surface area contributed by atoms with Crippen molar-refractivity contribution in [3.63, 3.8) is 0 Å². The topological polar surface area (TPSA) is 81.4 Å². The molecule has 26 heavy (non-hydrogen) atoms. The zero-order valence-electron chi connectivity index (χ0n) is 13.9. The number of amides is 1. The van der Waals surface area contributed by atoms with E-state index >= 15 is 0 Å². The molecular formula is C19H15ClN2O4. The fourth-order valence-corrected chi connectivity index (χ4v) is 2.39. The first-order valence-electron chi connectivity index (χ1n) is 7.77. The lowest BCUT2D eigenvalue weighted by atomic mass is 10.2. The zero-order chi connectivity index (χ0) is 18.5. The van der Waals surface area contributed by atoms with Gasteiger partial charge < -0.3 is 14.5 Å². The van der Waals surface area contributed by atoms with Gasteiger partial charge in [-0.1, -0.05) is 17.7 Å². The van der Waals surface area contributed by atoms with Crippen LogP contribution in [0.15, 0.2) is 59.1 Å². The van der Waals surface area contributed by atoms with Crippen LogP contribution in [-0.2, 0) is 16.1 Å². The van der Waals surface area contributed by atoms with Gasteiger partial charge in [0.1, 0.15) is 0 Å². The highest BCUT2D eigenvalue weighted by Gasteiger charge is 2.12. The van der Waals surface area contributed by atoms with Crippen LogP contribution in [0.4, 0.5) is 5.69 Å². The summed E-state index contributed by atoms with van der Waals surface area (Å²) in [6.07, 6.45) is 1.56. The Balaban J connectivity index is 1.63. The molecule has 3 rings (SSSR count). The van der Waals surface area contributed by atoms with E-state index in [1.54, 1.807) is 42.6 Å². The van der Waals surface area contributed by atoms with Crippen LogP contribution in [0.5, 0.6) is 0 Å². The van der Waals surface area contributed by atoms with Crippen molar-refractivity contribution >= 4 is 29.2 Å². The molecule has 0 saturated carbocycles. The van der Waals surface area contributed by atoms with Crippen molar-refractivity contribution in [2.45, 2.75) is 13.5 Å². The van der Waals surface area contributed by atoms with E-state index in [-0.39, 0.29) is 18.4 Å². The third-order valence-corrected chi connectivity index (χ3v) is 3.68. The molecule has 0 atom stereocenters. The van der Waals surface area contributed by atoms with E-state index in [4.69, 9.17) is 20.8 Å². The van der Waals surface area contributed by atoms with Crippen molar-refractivity contribution in [2.75, 3.05) is 5.32 Å². The number of hydrogen-bond donors (Lipinski definition) is 1. The van der Waals surface area contributed by atoms with Crippen molar-refractivity contribution in [3.8, 4) is 11.3 Å². The minimum absolute atomic E-state index is 0.100. The maximum absolute atomic E-state index is 12.2. The predicted molar refractivity (Wildman–Crippen MR) is 96.8 cm³/mol. The number of anilines is 1. The summed E-state index contributed by atoms with van der Waals surface area (Å²) in [5.74, 6) is 0.0789. The molecule has 1 N–H and O–H groups in total. The number of halogens is 1. The van der Waals surface area contributed by atoms with Crippen LogP contribution in [0.25, 0.3) is 11.3 Å². The minimum atomic E-state index is -0.538. The van der Waals surface area contributed by atoms with Crippen LogP contribution in [0, 0.1) is 0 Å². The quantitative estimate of drug-likeness (QED) is 0.677. The number of nitrogens with zero attached hydrogens (tertiary/aromatic N) is 1. The Bertz CT molecular complexity index is 935. The molecule has 0 aliphatic heterocycles. The molecule has 6 nitrogen and oxygen atoms in total. The number of benzene rings is 2. The van der Waals surface area contributed by atoms with Crippen LogP contribution in [0.2, 0.25) is 5.02 Å². The molecule has 1 amide bonds. The number of carbonyl (C=O) groups is 2. The Hall–Kier alpha value is -3.12. The van der Waals surface area contributed by atoms with Gasteiger partial charge in [0.2, 0.25) is 11.8 Å². The summed E-state index contributed by atoms with van der Waals surface area (Å²) in [5.41, 5.74) is 1.66.